The van der Waals surface area contributed by atoms with E-state index in [9.17, 15) is 19.5 Å². The zero-order chi connectivity index (χ0) is 14.9. The van der Waals surface area contributed by atoms with E-state index in [4.69, 9.17) is 5.11 Å². The molecule has 1 aliphatic heterocycles. The Hall–Kier alpha value is -2.31. The number of unbranched alkanes of at least 4 members (excludes halogenated alkanes) is 1. The smallest absolute Gasteiger partial charge is 0.341 e. The zero-order valence-electron chi connectivity index (χ0n) is 11.0. The van der Waals surface area contributed by atoms with Crippen LogP contribution in [-0.2, 0) is 6.54 Å². The van der Waals surface area contributed by atoms with Crippen LogP contribution in [0.5, 0.6) is 5.75 Å². The number of fused-ring (bicyclic) bond motifs is 1. The van der Waals surface area contributed by atoms with Gasteiger partial charge < -0.3 is 20.1 Å². The Morgan fingerprint density at radius 1 is 1.50 bits per heavy atom. The Morgan fingerprint density at radius 2 is 2.20 bits per heavy atom. The van der Waals surface area contributed by atoms with Gasteiger partial charge in [0.05, 0.1) is 0 Å². The number of hydrogen-bond donors (Lipinski definition) is 3. The third-order valence-corrected chi connectivity index (χ3v) is 3.36. The van der Waals surface area contributed by atoms with Crippen LogP contribution in [0.25, 0.3) is 0 Å². The summed E-state index contributed by atoms with van der Waals surface area (Å²) in [6.07, 6.45) is 3.79. The molecule has 1 amide bonds. The van der Waals surface area contributed by atoms with Crippen molar-refractivity contribution in [2.24, 2.45) is 0 Å². The summed E-state index contributed by atoms with van der Waals surface area (Å²) in [4.78, 5) is 34.6. The molecule has 7 heteroatoms. The molecule has 0 fully saturated rings. The molecule has 0 unspecified atom stereocenters. The van der Waals surface area contributed by atoms with Gasteiger partial charge in [-0.3, -0.25) is 9.59 Å². The number of carboxylic acid groups (broad SMARTS) is 1. The number of pyridine rings is 1. The molecule has 0 radical (unpaired) electrons. The van der Waals surface area contributed by atoms with Gasteiger partial charge in [0.25, 0.3) is 5.91 Å². The Kier molecular flexibility index (Phi) is 3.78. The fourth-order valence-corrected chi connectivity index (χ4v) is 2.34. The number of nitrogens with one attached hydrogen (secondary N) is 1. The summed E-state index contributed by atoms with van der Waals surface area (Å²) in [5.41, 5.74) is -1.74. The molecule has 20 heavy (non-hydrogen) atoms. The van der Waals surface area contributed by atoms with Gasteiger partial charge in [-0.05, 0) is 6.42 Å². The minimum atomic E-state index is -1.42. The van der Waals surface area contributed by atoms with E-state index < -0.39 is 28.6 Å². The molecule has 0 spiro atoms. The van der Waals surface area contributed by atoms with Crippen LogP contribution in [0.2, 0.25) is 0 Å². The van der Waals surface area contributed by atoms with Gasteiger partial charge in [0.2, 0.25) is 5.43 Å². The standard InChI is InChI=1S/C13H16N2O5/c1-2-3-4-7-5-15-6-8(13(19)20)10(16)11(17)9(15)12(18)14-7/h6-7,17H,2-5H2,1H3,(H,14,18)(H,19,20)/t7-/m1/s1. The quantitative estimate of drug-likeness (QED) is 0.746. The monoisotopic (exact) mass is 280 g/mol. The summed E-state index contributed by atoms with van der Waals surface area (Å²) in [5.74, 6) is -2.78. The molecule has 2 rings (SSSR count). The van der Waals surface area contributed by atoms with Crippen molar-refractivity contribution < 1.29 is 19.8 Å². The second-order valence-electron chi connectivity index (χ2n) is 4.84. The molecule has 108 valence electrons. The molecule has 1 aromatic heterocycles. The lowest BCUT2D eigenvalue weighted by Crippen LogP contribution is -2.45. The molecule has 0 saturated heterocycles. The number of nitrogens with zero attached hydrogens (tertiary/aromatic N) is 1. The second-order valence-corrected chi connectivity index (χ2v) is 4.84. The number of aromatic carboxylic acids is 1. The maximum absolute atomic E-state index is 11.9. The average Bonchev–Trinajstić information content (AvgIpc) is 2.39. The summed E-state index contributed by atoms with van der Waals surface area (Å²) < 4.78 is 1.35. The third-order valence-electron chi connectivity index (χ3n) is 3.36. The van der Waals surface area contributed by atoms with E-state index in [2.05, 4.69) is 5.32 Å². The van der Waals surface area contributed by atoms with Gasteiger partial charge in [0.15, 0.2) is 11.4 Å². The summed E-state index contributed by atoms with van der Waals surface area (Å²) in [5, 5.41) is 21.4. The molecule has 0 bridgehead atoms. The van der Waals surface area contributed by atoms with Gasteiger partial charge in [0, 0.05) is 18.8 Å². The van der Waals surface area contributed by atoms with E-state index in [1.165, 1.54) is 4.57 Å². The average molecular weight is 280 g/mol. The molecular formula is C13H16N2O5. The minimum absolute atomic E-state index is 0.126. The van der Waals surface area contributed by atoms with Gasteiger partial charge >= 0.3 is 5.97 Å². The Labute approximate surface area is 114 Å². The summed E-state index contributed by atoms with van der Waals surface area (Å²) in [7, 11) is 0. The van der Waals surface area contributed by atoms with Crippen molar-refractivity contribution >= 4 is 11.9 Å². The number of carbonyl (C=O) groups excluding carboxylic acids is 1. The van der Waals surface area contributed by atoms with Crippen molar-refractivity contribution in [2.45, 2.75) is 38.8 Å². The highest BCUT2D eigenvalue weighted by molar-refractivity contribution is 5.97. The van der Waals surface area contributed by atoms with E-state index >= 15 is 0 Å². The van der Waals surface area contributed by atoms with Crippen LogP contribution in [0.3, 0.4) is 0 Å². The number of rotatable bonds is 4. The Morgan fingerprint density at radius 3 is 2.80 bits per heavy atom. The first-order chi connectivity index (χ1) is 9.45. The van der Waals surface area contributed by atoms with E-state index in [1.807, 2.05) is 6.92 Å². The van der Waals surface area contributed by atoms with Gasteiger partial charge in [-0.25, -0.2) is 4.79 Å². The molecule has 0 saturated carbocycles. The first-order valence-corrected chi connectivity index (χ1v) is 6.46. The summed E-state index contributed by atoms with van der Waals surface area (Å²) in [6, 6.07) is -0.126. The molecule has 2 heterocycles. The third kappa shape index (κ3) is 2.38. The molecule has 0 aromatic carbocycles. The van der Waals surface area contributed by atoms with Crippen LogP contribution in [-0.4, -0.2) is 32.7 Å². The molecule has 3 N–H and O–H groups in total. The predicted molar refractivity (Wildman–Crippen MR) is 70.1 cm³/mol. The van der Waals surface area contributed by atoms with Gasteiger partial charge in [-0.15, -0.1) is 0 Å². The molecule has 1 aromatic rings. The number of carbonyl (C=O) groups is 2. The highest BCUT2D eigenvalue weighted by atomic mass is 16.4. The number of amides is 1. The first kappa shape index (κ1) is 14.1. The van der Waals surface area contributed by atoms with Crippen molar-refractivity contribution in [2.75, 3.05) is 0 Å². The van der Waals surface area contributed by atoms with Crippen LogP contribution in [0.4, 0.5) is 0 Å². The number of aromatic hydroxyl groups is 1. The molecule has 1 aliphatic rings. The van der Waals surface area contributed by atoms with Crippen molar-refractivity contribution in [3.8, 4) is 5.75 Å². The van der Waals surface area contributed by atoms with E-state index in [0.29, 0.717) is 6.54 Å². The van der Waals surface area contributed by atoms with Crippen molar-refractivity contribution in [1.29, 1.82) is 0 Å². The predicted octanol–water partition coefficient (Wildman–Crippen LogP) is 0.554. The van der Waals surface area contributed by atoms with Crippen LogP contribution in [0.1, 0.15) is 47.0 Å². The minimum Gasteiger partial charge on any atom is -0.503 e. The van der Waals surface area contributed by atoms with E-state index in [0.717, 1.165) is 25.5 Å². The van der Waals surface area contributed by atoms with Crippen molar-refractivity contribution in [3.05, 3.63) is 27.7 Å². The lowest BCUT2D eigenvalue weighted by Gasteiger charge is -2.28. The van der Waals surface area contributed by atoms with Crippen molar-refractivity contribution in [3.63, 3.8) is 0 Å². The summed E-state index contributed by atoms with van der Waals surface area (Å²) in [6.45, 7) is 2.37. The topological polar surface area (TPSA) is 109 Å². The van der Waals surface area contributed by atoms with Crippen LogP contribution >= 0.6 is 0 Å². The molecule has 7 nitrogen and oxygen atoms in total. The maximum atomic E-state index is 11.9. The van der Waals surface area contributed by atoms with Crippen molar-refractivity contribution in [1.82, 2.24) is 9.88 Å². The lowest BCUT2D eigenvalue weighted by atomic mass is 10.1. The molecule has 0 aliphatic carbocycles. The van der Waals surface area contributed by atoms with Gasteiger partial charge in [0.1, 0.15) is 5.56 Å². The second kappa shape index (κ2) is 5.36. The van der Waals surface area contributed by atoms with Crippen LogP contribution in [0, 0.1) is 0 Å². The van der Waals surface area contributed by atoms with Gasteiger partial charge in [-0.1, -0.05) is 19.8 Å². The van der Waals surface area contributed by atoms with E-state index in [-0.39, 0.29) is 11.7 Å². The Balaban J connectivity index is 2.45. The Bertz CT molecular complexity index is 620. The van der Waals surface area contributed by atoms with E-state index in [1.54, 1.807) is 0 Å². The molecular weight excluding hydrogens is 264 g/mol. The highest BCUT2D eigenvalue weighted by Gasteiger charge is 2.29. The van der Waals surface area contributed by atoms with Crippen LogP contribution in [0.15, 0.2) is 11.0 Å². The highest BCUT2D eigenvalue weighted by Crippen LogP contribution is 2.19. The number of carboxylic acids is 1. The summed E-state index contributed by atoms with van der Waals surface area (Å²) >= 11 is 0. The zero-order valence-corrected chi connectivity index (χ0v) is 11.0. The molecule has 1 atom stereocenters. The fourth-order valence-electron chi connectivity index (χ4n) is 2.34. The van der Waals surface area contributed by atoms with Gasteiger partial charge in [-0.2, -0.15) is 0 Å². The lowest BCUT2D eigenvalue weighted by molar-refractivity contribution is 0.0691. The normalized spacial score (nSPS) is 17.4. The maximum Gasteiger partial charge on any atom is 0.341 e. The fraction of sp³-hybridized carbons (Fsp3) is 0.462. The SMILES string of the molecule is CCCC[C@@H]1Cn2cc(C(=O)O)c(=O)c(O)c2C(=O)N1. The number of aromatic nitrogens is 1. The largest absolute Gasteiger partial charge is 0.503 e. The number of hydrogen-bond acceptors (Lipinski definition) is 4. The van der Waals surface area contributed by atoms with Crippen LogP contribution < -0.4 is 10.7 Å². The first-order valence-electron chi connectivity index (χ1n) is 6.46.